The second-order valence-electron chi connectivity index (χ2n) is 4.96. The van der Waals surface area contributed by atoms with Gasteiger partial charge in [-0.05, 0) is 24.3 Å². The third-order valence-corrected chi connectivity index (χ3v) is 4.33. The maximum atomic E-state index is 12.0. The molecule has 5 nitrogen and oxygen atoms in total. The van der Waals surface area contributed by atoms with Crippen LogP contribution in [0.4, 0.5) is 11.4 Å². The number of rotatable bonds is 5. The monoisotopic (exact) mass is 307 g/mol. The molecule has 2 amide bonds. The molecule has 0 spiro atoms. The van der Waals surface area contributed by atoms with Gasteiger partial charge in [0.25, 0.3) is 0 Å². The molecule has 114 valence electrons. The fourth-order valence-electron chi connectivity index (χ4n) is 2.07. The standard InChI is InChI=1S/C15H21N3O2S/c1-2-14(19)17-11-3-5-12(6-4-11)18-15(20)9-13-10-21-8-7-16-13/h3-6,13,16H,2,7-10H2,1H3,(H,17,19)(H,18,20). The number of thioether (sulfide) groups is 1. The number of benzene rings is 1. The van der Waals surface area contributed by atoms with Crippen molar-refractivity contribution in [3.05, 3.63) is 24.3 Å². The lowest BCUT2D eigenvalue weighted by atomic mass is 10.2. The van der Waals surface area contributed by atoms with Gasteiger partial charge in [0.05, 0.1) is 0 Å². The van der Waals surface area contributed by atoms with E-state index in [-0.39, 0.29) is 17.9 Å². The van der Waals surface area contributed by atoms with E-state index in [9.17, 15) is 9.59 Å². The molecular formula is C15H21N3O2S. The van der Waals surface area contributed by atoms with Crippen molar-refractivity contribution in [3.63, 3.8) is 0 Å². The smallest absolute Gasteiger partial charge is 0.225 e. The minimum Gasteiger partial charge on any atom is -0.326 e. The third-order valence-electron chi connectivity index (χ3n) is 3.20. The zero-order valence-corrected chi connectivity index (χ0v) is 13.0. The van der Waals surface area contributed by atoms with Gasteiger partial charge in [0.15, 0.2) is 0 Å². The summed E-state index contributed by atoms with van der Waals surface area (Å²) < 4.78 is 0. The summed E-state index contributed by atoms with van der Waals surface area (Å²) in [7, 11) is 0. The van der Waals surface area contributed by atoms with Crippen molar-refractivity contribution in [1.82, 2.24) is 5.32 Å². The molecule has 21 heavy (non-hydrogen) atoms. The van der Waals surface area contributed by atoms with Crippen LogP contribution in [0.1, 0.15) is 19.8 Å². The first-order valence-electron chi connectivity index (χ1n) is 7.18. The van der Waals surface area contributed by atoms with E-state index in [1.54, 1.807) is 24.3 Å². The second kappa shape index (κ2) is 8.05. The molecule has 0 aliphatic carbocycles. The number of nitrogens with one attached hydrogen (secondary N) is 3. The van der Waals surface area contributed by atoms with Crippen LogP contribution >= 0.6 is 11.8 Å². The Morgan fingerprint density at radius 2 is 1.81 bits per heavy atom. The van der Waals surface area contributed by atoms with Crippen LogP contribution in [0.25, 0.3) is 0 Å². The summed E-state index contributed by atoms with van der Waals surface area (Å²) in [5, 5.41) is 9.00. The van der Waals surface area contributed by atoms with E-state index in [4.69, 9.17) is 0 Å². The van der Waals surface area contributed by atoms with E-state index in [1.165, 1.54) is 0 Å². The summed E-state index contributed by atoms with van der Waals surface area (Å²) in [6.07, 6.45) is 0.937. The molecular weight excluding hydrogens is 286 g/mol. The van der Waals surface area contributed by atoms with Crippen LogP contribution in [0.2, 0.25) is 0 Å². The highest BCUT2D eigenvalue weighted by atomic mass is 32.2. The van der Waals surface area contributed by atoms with E-state index < -0.39 is 0 Å². The van der Waals surface area contributed by atoms with Crippen LogP contribution in [0.3, 0.4) is 0 Å². The quantitative estimate of drug-likeness (QED) is 0.779. The predicted molar refractivity (Wildman–Crippen MR) is 87.7 cm³/mol. The largest absolute Gasteiger partial charge is 0.326 e. The highest BCUT2D eigenvalue weighted by Gasteiger charge is 2.16. The van der Waals surface area contributed by atoms with Crippen molar-refractivity contribution >= 4 is 35.0 Å². The average Bonchev–Trinajstić information content (AvgIpc) is 2.50. The molecule has 0 bridgehead atoms. The van der Waals surface area contributed by atoms with Crippen LogP contribution in [-0.2, 0) is 9.59 Å². The summed E-state index contributed by atoms with van der Waals surface area (Å²) in [6, 6.07) is 7.43. The summed E-state index contributed by atoms with van der Waals surface area (Å²) in [5.41, 5.74) is 1.49. The van der Waals surface area contributed by atoms with Gasteiger partial charge in [-0.25, -0.2) is 0 Å². The van der Waals surface area contributed by atoms with Crippen LogP contribution in [0, 0.1) is 0 Å². The van der Waals surface area contributed by atoms with Crippen molar-refractivity contribution in [2.24, 2.45) is 0 Å². The zero-order chi connectivity index (χ0) is 15.1. The summed E-state index contributed by atoms with van der Waals surface area (Å²) in [5.74, 6) is 2.09. The summed E-state index contributed by atoms with van der Waals surface area (Å²) in [4.78, 5) is 23.2. The van der Waals surface area contributed by atoms with Crippen molar-refractivity contribution in [3.8, 4) is 0 Å². The fourth-order valence-corrected chi connectivity index (χ4v) is 3.02. The Kier molecular flexibility index (Phi) is 6.07. The Labute approximate surface area is 129 Å². The Hall–Kier alpha value is -1.53. The molecule has 1 fully saturated rings. The number of amides is 2. The van der Waals surface area contributed by atoms with Crippen molar-refractivity contribution in [2.45, 2.75) is 25.8 Å². The van der Waals surface area contributed by atoms with Gasteiger partial charge in [-0.1, -0.05) is 6.92 Å². The lowest BCUT2D eigenvalue weighted by Crippen LogP contribution is -2.39. The first kappa shape index (κ1) is 15.9. The van der Waals surface area contributed by atoms with Crippen molar-refractivity contribution in [1.29, 1.82) is 0 Å². The molecule has 1 saturated heterocycles. The van der Waals surface area contributed by atoms with Gasteiger partial charge in [0, 0.05) is 48.3 Å². The van der Waals surface area contributed by atoms with Crippen molar-refractivity contribution in [2.75, 3.05) is 28.7 Å². The molecule has 2 rings (SSSR count). The minimum absolute atomic E-state index is 0.0142. The van der Waals surface area contributed by atoms with Crippen LogP contribution in [-0.4, -0.2) is 35.9 Å². The molecule has 3 N–H and O–H groups in total. The van der Waals surface area contributed by atoms with Gasteiger partial charge in [-0.2, -0.15) is 11.8 Å². The van der Waals surface area contributed by atoms with E-state index in [2.05, 4.69) is 16.0 Å². The first-order chi connectivity index (χ1) is 10.2. The third kappa shape index (κ3) is 5.40. The molecule has 1 aliphatic heterocycles. The number of carbonyl (C=O) groups excluding carboxylic acids is 2. The zero-order valence-electron chi connectivity index (χ0n) is 12.1. The van der Waals surface area contributed by atoms with Gasteiger partial charge < -0.3 is 16.0 Å². The summed E-state index contributed by atoms with van der Waals surface area (Å²) >= 11 is 1.88. The van der Waals surface area contributed by atoms with E-state index >= 15 is 0 Å². The van der Waals surface area contributed by atoms with Gasteiger partial charge in [0.1, 0.15) is 0 Å². The average molecular weight is 307 g/mol. The van der Waals surface area contributed by atoms with Crippen molar-refractivity contribution < 1.29 is 9.59 Å². The molecule has 1 unspecified atom stereocenters. The van der Waals surface area contributed by atoms with E-state index in [1.807, 2.05) is 18.7 Å². The molecule has 1 atom stereocenters. The molecule has 6 heteroatoms. The Bertz CT molecular complexity index is 484. The van der Waals surface area contributed by atoms with Gasteiger partial charge in [-0.15, -0.1) is 0 Å². The highest BCUT2D eigenvalue weighted by Crippen LogP contribution is 2.15. The Morgan fingerprint density at radius 3 is 2.33 bits per heavy atom. The Morgan fingerprint density at radius 1 is 1.19 bits per heavy atom. The lowest BCUT2D eigenvalue weighted by Gasteiger charge is -2.22. The molecule has 0 aromatic heterocycles. The first-order valence-corrected chi connectivity index (χ1v) is 8.33. The number of carbonyl (C=O) groups is 2. The lowest BCUT2D eigenvalue weighted by molar-refractivity contribution is -0.117. The summed E-state index contributed by atoms with van der Waals surface area (Å²) in [6.45, 7) is 2.77. The van der Waals surface area contributed by atoms with Crippen LogP contribution in [0.5, 0.6) is 0 Å². The number of hydrogen-bond donors (Lipinski definition) is 3. The molecule has 1 heterocycles. The molecule has 1 aromatic rings. The molecule has 1 aromatic carbocycles. The fraction of sp³-hybridized carbons (Fsp3) is 0.467. The SMILES string of the molecule is CCC(=O)Nc1ccc(NC(=O)CC2CSCCN2)cc1. The molecule has 0 saturated carbocycles. The number of hydrogen-bond acceptors (Lipinski definition) is 4. The predicted octanol–water partition coefficient (Wildman–Crippen LogP) is 2.07. The maximum Gasteiger partial charge on any atom is 0.225 e. The normalized spacial score (nSPS) is 18.0. The second-order valence-corrected chi connectivity index (χ2v) is 6.11. The van der Waals surface area contributed by atoms with Gasteiger partial charge in [0.2, 0.25) is 11.8 Å². The van der Waals surface area contributed by atoms with E-state index in [0.717, 1.165) is 29.4 Å². The molecule has 0 radical (unpaired) electrons. The van der Waals surface area contributed by atoms with Gasteiger partial charge in [-0.3, -0.25) is 9.59 Å². The number of anilines is 2. The van der Waals surface area contributed by atoms with Crippen LogP contribution < -0.4 is 16.0 Å². The van der Waals surface area contributed by atoms with Crippen LogP contribution in [0.15, 0.2) is 24.3 Å². The minimum atomic E-state index is -0.0207. The highest BCUT2D eigenvalue weighted by molar-refractivity contribution is 7.99. The maximum absolute atomic E-state index is 12.0. The molecule has 1 aliphatic rings. The van der Waals surface area contributed by atoms with E-state index in [0.29, 0.717) is 12.8 Å². The Balaban J connectivity index is 1.81. The van der Waals surface area contributed by atoms with Gasteiger partial charge >= 0.3 is 0 Å². The topological polar surface area (TPSA) is 70.2 Å².